The summed E-state index contributed by atoms with van der Waals surface area (Å²) in [5, 5.41) is 13.5. The molecule has 0 heterocycles. The number of aromatic carboxylic acids is 1. The van der Waals surface area contributed by atoms with Crippen LogP contribution in [0.2, 0.25) is 10.0 Å². The molecule has 2 N–H and O–H groups in total. The Balaban J connectivity index is 1.78. The standard InChI is InChI=1S/C23H20BrCl2NO5/c1-30-20-6-4-14(23(28)29)9-19(20)27-11-13-7-17(24)22(21(8-13)31-2)32-12-15-3-5-16(25)10-18(15)26/h3-10,27H,11-12H2,1-2H3,(H,28,29). The van der Waals surface area contributed by atoms with Gasteiger partial charge >= 0.3 is 5.97 Å². The van der Waals surface area contributed by atoms with Gasteiger partial charge in [0.1, 0.15) is 12.4 Å². The van der Waals surface area contributed by atoms with Crippen molar-refractivity contribution in [2.75, 3.05) is 19.5 Å². The predicted molar refractivity (Wildman–Crippen MR) is 129 cm³/mol. The summed E-state index contributed by atoms with van der Waals surface area (Å²) < 4.78 is 17.5. The quantitative estimate of drug-likeness (QED) is 0.316. The van der Waals surface area contributed by atoms with Crippen LogP contribution in [0.25, 0.3) is 0 Å². The summed E-state index contributed by atoms with van der Waals surface area (Å²) in [6, 6.07) is 13.6. The highest BCUT2D eigenvalue weighted by atomic mass is 79.9. The zero-order valence-electron chi connectivity index (χ0n) is 17.2. The second-order valence-electron chi connectivity index (χ2n) is 6.71. The predicted octanol–water partition coefficient (Wildman–Crippen LogP) is 6.66. The van der Waals surface area contributed by atoms with Gasteiger partial charge in [0, 0.05) is 22.2 Å². The first-order chi connectivity index (χ1) is 15.3. The van der Waals surface area contributed by atoms with E-state index in [1.165, 1.54) is 19.2 Å². The minimum atomic E-state index is -1.01. The highest BCUT2D eigenvalue weighted by Crippen LogP contribution is 2.38. The summed E-state index contributed by atoms with van der Waals surface area (Å²) in [7, 11) is 3.08. The second-order valence-corrected chi connectivity index (χ2v) is 8.41. The lowest BCUT2D eigenvalue weighted by Crippen LogP contribution is -2.05. The van der Waals surface area contributed by atoms with Crippen molar-refractivity contribution in [3.05, 3.63) is 79.7 Å². The van der Waals surface area contributed by atoms with E-state index in [1.807, 2.05) is 18.2 Å². The Morgan fingerprint density at radius 3 is 2.44 bits per heavy atom. The highest BCUT2D eigenvalue weighted by molar-refractivity contribution is 9.10. The molecule has 32 heavy (non-hydrogen) atoms. The molecule has 9 heteroatoms. The van der Waals surface area contributed by atoms with E-state index in [0.717, 1.165) is 11.1 Å². The molecule has 0 bridgehead atoms. The van der Waals surface area contributed by atoms with Crippen molar-refractivity contribution >= 4 is 50.8 Å². The lowest BCUT2D eigenvalue weighted by atomic mass is 10.1. The summed E-state index contributed by atoms with van der Waals surface area (Å²) in [6.07, 6.45) is 0. The second kappa shape index (κ2) is 10.8. The molecule has 0 aliphatic heterocycles. The Hall–Kier alpha value is -2.61. The third-order valence-electron chi connectivity index (χ3n) is 4.61. The van der Waals surface area contributed by atoms with Crippen LogP contribution in [0.4, 0.5) is 5.69 Å². The smallest absolute Gasteiger partial charge is 0.335 e. The van der Waals surface area contributed by atoms with Crippen molar-refractivity contribution in [2.24, 2.45) is 0 Å². The molecular weight excluding hydrogens is 521 g/mol. The first-order valence-electron chi connectivity index (χ1n) is 9.40. The van der Waals surface area contributed by atoms with Crippen LogP contribution in [0, 0.1) is 0 Å². The molecule has 0 radical (unpaired) electrons. The van der Waals surface area contributed by atoms with E-state index >= 15 is 0 Å². The monoisotopic (exact) mass is 539 g/mol. The number of hydrogen-bond acceptors (Lipinski definition) is 5. The molecule has 0 amide bonds. The number of carboxylic acids is 1. The number of benzene rings is 3. The SMILES string of the molecule is COc1ccc(C(=O)O)cc1NCc1cc(Br)c(OCc2ccc(Cl)cc2Cl)c(OC)c1. The third kappa shape index (κ3) is 5.79. The van der Waals surface area contributed by atoms with Gasteiger partial charge in [0.2, 0.25) is 0 Å². The van der Waals surface area contributed by atoms with Crippen LogP contribution in [-0.2, 0) is 13.2 Å². The fourth-order valence-electron chi connectivity index (χ4n) is 2.98. The average molecular weight is 541 g/mol. The van der Waals surface area contributed by atoms with Crippen LogP contribution >= 0.6 is 39.1 Å². The molecule has 3 rings (SSSR count). The van der Waals surface area contributed by atoms with Gasteiger partial charge < -0.3 is 24.6 Å². The summed E-state index contributed by atoms with van der Waals surface area (Å²) in [6.45, 7) is 0.638. The summed E-state index contributed by atoms with van der Waals surface area (Å²) in [4.78, 5) is 11.3. The number of carboxylic acid groups (broad SMARTS) is 1. The van der Waals surface area contributed by atoms with Gasteiger partial charge in [-0.1, -0.05) is 29.3 Å². The first-order valence-corrected chi connectivity index (χ1v) is 11.0. The minimum Gasteiger partial charge on any atom is -0.495 e. The van der Waals surface area contributed by atoms with Crippen LogP contribution in [-0.4, -0.2) is 25.3 Å². The Morgan fingerprint density at radius 1 is 1.03 bits per heavy atom. The van der Waals surface area contributed by atoms with Crippen molar-refractivity contribution in [1.29, 1.82) is 0 Å². The number of methoxy groups -OCH3 is 2. The maximum Gasteiger partial charge on any atom is 0.335 e. The van der Waals surface area contributed by atoms with Gasteiger partial charge in [-0.25, -0.2) is 4.79 Å². The van der Waals surface area contributed by atoms with E-state index in [9.17, 15) is 9.90 Å². The lowest BCUT2D eigenvalue weighted by Gasteiger charge is -2.16. The van der Waals surface area contributed by atoms with Crippen molar-refractivity contribution in [3.8, 4) is 17.2 Å². The van der Waals surface area contributed by atoms with Crippen LogP contribution in [0.1, 0.15) is 21.5 Å². The van der Waals surface area contributed by atoms with E-state index in [4.69, 9.17) is 37.4 Å². The van der Waals surface area contributed by atoms with E-state index in [0.29, 0.717) is 44.0 Å². The van der Waals surface area contributed by atoms with Gasteiger partial charge in [0.05, 0.1) is 29.9 Å². The van der Waals surface area contributed by atoms with Crippen molar-refractivity contribution in [1.82, 2.24) is 0 Å². The van der Waals surface area contributed by atoms with Crippen LogP contribution < -0.4 is 19.5 Å². The normalized spacial score (nSPS) is 10.5. The van der Waals surface area contributed by atoms with Gasteiger partial charge in [-0.05, 0) is 64.0 Å². The van der Waals surface area contributed by atoms with Gasteiger partial charge in [-0.15, -0.1) is 0 Å². The van der Waals surface area contributed by atoms with E-state index in [-0.39, 0.29) is 12.2 Å². The van der Waals surface area contributed by atoms with Crippen molar-refractivity contribution in [2.45, 2.75) is 13.2 Å². The summed E-state index contributed by atoms with van der Waals surface area (Å²) in [5.41, 5.74) is 2.41. The summed E-state index contributed by atoms with van der Waals surface area (Å²) >= 11 is 15.7. The minimum absolute atomic E-state index is 0.164. The van der Waals surface area contributed by atoms with Gasteiger partial charge in [0.15, 0.2) is 11.5 Å². The first kappa shape index (κ1) is 24.0. The van der Waals surface area contributed by atoms with Crippen molar-refractivity contribution < 1.29 is 24.1 Å². The zero-order chi connectivity index (χ0) is 23.3. The van der Waals surface area contributed by atoms with Crippen LogP contribution in [0.15, 0.2) is 53.0 Å². The van der Waals surface area contributed by atoms with Crippen LogP contribution in [0.5, 0.6) is 17.2 Å². The lowest BCUT2D eigenvalue weighted by molar-refractivity contribution is 0.0697. The molecule has 0 unspecified atom stereocenters. The molecule has 0 spiro atoms. The van der Waals surface area contributed by atoms with E-state index < -0.39 is 5.97 Å². The number of halogens is 3. The molecule has 3 aromatic rings. The molecule has 6 nitrogen and oxygen atoms in total. The maximum atomic E-state index is 11.3. The third-order valence-corrected chi connectivity index (χ3v) is 5.78. The molecule has 0 saturated heterocycles. The average Bonchev–Trinajstić information content (AvgIpc) is 2.77. The molecule has 0 aromatic heterocycles. The molecule has 0 saturated carbocycles. The van der Waals surface area contributed by atoms with E-state index in [2.05, 4.69) is 21.2 Å². The largest absolute Gasteiger partial charge is 0.495 e. The topological polar surface area (TPSA) is 77.0 Å². The number of ether oxygens (including phenoxy) is 3. The number of carbonyl (C=O) groups is 1. The van der Waals surface area contributed by atoms with Gasteiger partial charge in [0.25, 0.3) is 0 Å². The molecule has 168 valence electrons. The molecular formula is C23H20BrCl2NO5. The number of hydrogen-bond donors (Lipinski definition) is 2. The number of anilines is 1. The maximum absolute atomic E-state index is 11.3. The van der Waals surface area contributed by atoms with Crippen molar-refractivity contribution in [3.63, 3.8) is 0 Å². The Bertz CT molecular complexity index is 1140. The van der Waals surface area contributed by atoms with Crippen LogP contribution in [0.3, 0.4) is 0 Å². The fourth-order valence-corrected chi connectivity index (χ4v) is 4.05. The number of rotatable bonds is 9. The zero-order valence-corrected chi connectivity index (χ0v) is 20.3. The molecule has 0 atom stereocenters. The van der Waals surface area contributed by atoms with Gasteiger partial charge in [-0.2, -0.15) is 0 Å². The summed E-state index contributed by atoms with van der Waals surface area (Å²) in [5.74, 6) is 0.600. The molecule has 0 fully saturated rings. The number of nitrogens with one attached hydrogen (secondary N) is 1. The Kier molecular flexibility index (Phi) is 8.12. The Labute approximate surface area is 204 Å². The molecule has 3 aromatic carbocycles. The highest BCUT2D eigenvalue weighted by Gasteiger charge is 2.14. The molecule has 0 aliphatic rings. The molecule has 0 aliphatic carbocycles. The van der Waals surface area contributed by atoms with E-state index in [1.54, 1.807) is 25.3 Å². The fraction of sp³-hybridized carbons (Fsp3) is 0.174. The van der Waals surface area contributed by atoms with Gasteiger partial charge in [-0.3, -0.25) is 0 Å². The Morgan fingerprint density at radius 2 is 1.78 bits per heavy atom.